The van der Waals surface area contributed by atoms with Crippen LogP contribution in [0.1, 0.15) is 110 Å². The van der Waals surface area contributed by atoms with Gasteiger partial charge in [0.05, 0.1) is 27.6 Å². The molecule has 0 saturated heterocycles. The van der Waals surface area contributed by atoms with Gasteiger partial charge in [-0.05, 0) is 189 Å². The molecule has 0 unspecified atom stereocenters. The first-order chi connectivity index (χ1) is 38.4. The van der Waals surface area contributed by atoms with Gasteiger partial charge in [-0.25, -0.2) is 0 Å². The fourth-order valence-corrected chi connectivity index (χ4v) is 14.6. The summed E-state index contributed by atoms with van der Waals surface area (Å²) in [6.07, 6.45) is 6.76. The monoisotopic (exact) mass is 1020 g/mol. The Bertz CT molecular complexity index is 4220. The van der Waals surface area contributed by atoms with E-state index in [0.29, 0.717) is 0 Å². The van der Waals surface area contributed by atoms with Crippen LogP contribution in [0.15, 0.2) is 203 Å². The van der Waals surface area contributed by atoms with Gasteiger partial charge < -0.3 is 18.6 Å². The van der Waals surface area contributed by atoms with Crippen LogP contribution in [0.4, 0.5) is 34.1 Å². The Morgan fingerprint density at radius 1 is 0.367 bits per heavy atom. The first kappa shape index (κ1) is 46.5. The zero-order valence-corrected chi connectivity index (χ0v) is 45.9. The molecule has 0 saturated carbocycles. The normalized spacial score (nSPS) is 14.8. The van der Waals surface area contributed by atoms with E-state index in [1.54, 1.807) is 0 Å². The van der Waals surface area contributed by atoms with Crippen LogP contribution < -0.4 is 9.80 Å². The quantitative estimate of drug-likeness (QED) is 0.166. The summed E-state index contributed by atoms with van der Waals surface area (Å²) < 4.78 is 15.1. The lowest BCUT2D eigenvalue weighted by Crippen LogP contribution is -2.26. The highest BCUT2D eigenvalue weighted by molar-refractivity contribution is 6.25. The van der Waals surface area contributed by atoms with Gasteiger partial charge in [0.15, 0.2) is 0 Å². The molecule has 0 N–H and O–H groups in total. The Kier molecular flexibility index (Phi) is 9.83. The molecule has 0 radical (unpaired) electrons. The van der Waals surface area contributed by atoms with E-state index in [9.17, 15) is 0 Å². The average molecular weight is 1020 g/mol. The number of anilines is 6. The van der Waals surface area contributed by atoms with Crippen molar-refractivity contribution >= 4 is 78.0 Å². The Hall–Kier alpha value is -8.60. The van der Waals surface area contributed by atoms with E-state index in [0.717, 1.165) is 115 Å². The molecule has 0 bridgehead atoms. The van der Waals surface area contributed by atoms with Crippen molar-refractivity contribution in [3.8, 4) is 22.3 Å². The third-order valence-electron chi connectivity index (χ3n) is 18.4. The second-order valence-corrected chi connectivity index (χ2v) is 25.0. The minimum absolute atomic E-state index is 0.00717. The van der Waals surface area contributed by atoms with Crippen molar-refractivity contribution in [3.63, 3.8) is 0 Å². The molecule has 4 aliphatic carbocycles. The standard InChI is InChI=1S/C75H62N2O2/c1-73(2,3)49-31-37-51(38-32-49)76(53-35-29-45-17-15-19-47(45)41-53)63-43-61-69(71-67(63)57-23-9-13-27-65(57)78-71)70-62(75(61)59-25-11-7-21-55(59)56-22-8-12-26-60(56)75)44-64(68-58-24-10-14-28-66(58)79-72(68)70)77(52-39-33-50(34-40-52)74(4,5)6)54-36-30-46-18-16-20-48(46)42-54/h7-14,21-44H,15-20H2,1-6H3. The molecule has 384 valence electrons. The number of fused-ring (bicyclic) bond motifs is 20. The molecule has 4 nitrogen and oxygen atoms in total. The lowest BCUT2D eigenvalue weighted by atomic mass is 9.70. The Morgan fingerprint density at radius 3 is 1.18 bits per heavy atom. The second-order valence-electron chi connectivity index (χ2n) is 25.0. The molecule has 1 spiro atoms. The number of hydrogen-bond donors (Lipinski definition) is 0. The van der Waals surface area contributed by atoms with Crippen molar-refractivity contribution in [3.05, 3.63) is 250 Å². The maximum Gasteiger partial charge on any atom is 0.145 e. The lowest BCUT2D eigenvalue weighted by molar-refractivity contribution is 0.590. The molecule has 0 amide bonds. The number of benzene rings is 10. The van der Waals surface area contributed by atoms with Gasteiger partial charge in [-0.1, -0.05) is 163 Å². The van der Waals surface area contributed by atoms with Gasteiger partial charge in [0.2, 0.25) is 0 Å². The summed E-state index contributed by atoms with van der Waals surface area (Å²) in [7, 11) is 0. The molecule has 12 aromatic rings. The molecule has 10 aromatic carbocycles. The topological polar surface area (TPSA) is 32.8 Å². The third kappa shape index (κ3) is 6.67. The number of para-hydroxylation sites is 2. The van der Waals surface area contributed by atoms with Crippen LogP contribution in [0.25, 0.3) is 66.1 Å². The smallest absolute Gasteiger partial charge is 0.145 e. The first-order valence-corrected chi connectivity index (χ1v) is 28.7. The summed E-state index contributed by atoms with van der Waals surface area (Å²) in [4.78, 5) is 5.08. The maximum atomic E-state index is 7.57. The fourth-order valence-electron chi connectivity index (χ4n) is 14.6. The van der Waals surface area contributed by atoms with Crippen LogP contribution in [0.3, 0.4) is 0 Å². The SMILES string of the molecule is CC(C)(C)c1ccc(N(c2ccc3c(c2)CCC3)c2cc3c(c4oc5ccccc5c24)-c2c(cc(N(c4ccc(C(C)(C)C)cc4)c4ccc5c(c4)CCC5)c4c2oc2ccccc24)C32c3ccccc3-c3ccccc32)cc1. The summed E-state index contributed by atoms with van der Waals surface area (Å²) in [6, 6.07) is 74.0. The Balaban J connectivity index is 1.08. The zero-order chi connectivity index (χ0) is 53.1. The molecule has 79 heavy (non-hydrogen) atoms. The van der Waals surface area contributed by atoms with Gasteiger partial charge in [0, 0.05) is 44.6 Å². The summed E-state index contributed by atoms with van der Waals surface area (Å²) in [5, 5.41) is 4.34. The molecule has 0 fully saturated rings. The molecular formula is C75H62N2O2. The highest BCUT2D eigenvalue weighted by atomic mass is 16.3. The van der Waals surface area contributed by atoms with Gasteiger partial charge in [-0.15, -0.1) is 0 Å². The van der Waals surface area contributed by atoms with Crippen molar-refractivity contribution in [2.45, 2.75) is 96.3 Å². The van der Waals surface area contributed by atoms with Crippen molar-refractivity contribution in [1.82, 2.24) is 0 Å². The van der Waals surface area contributed by atoms with Gasteiger partial charge in [-0.3, -0.25) is 0 Å². The summed E-state index contributed by atoms with van der Waals surface area (Å²) in [5.41, 5.74) is 27.3. The van der Waals surface area contributed by atoms with E-state index in [4.69, 9.17) is 8.83 Å². The maximum absolute atomic E-state index is 7.57. The van der Waals surface area contributed by atoms with E-state index in [2.05, 4.69) is 245 Å². The van der Waals surface area contributed by atoms with Crippen LogP contribution in [-0.4, -0.2) is 0 Å². The van der Waals surface area contributed by atoms with Crippen LogP contribution >= 0.6 is 0 Å². The van der Waals surface area contributed by atoms with Crippen molar-refractivity contribution in [2.75, 3.05) is 9.80 Å². The summed E-state index contributed by atoms with van der Waals surface area (Å²) in [5.74, 6) is 0. The van der Waals surface area contributed by atoms with Crippen molar-refractivity contribution < 1.29 is 8.83 Å². The van der Waals surface area contributed by atoms with Gasteiger partial charge in [0.1, 0.15) is 22.3 Å². The number of nitrogens with zero attached hydrogens (tertiary/aromatic N) is 2. The molecule has 0 atom stereocenters. The largest absolute Gasteiger partial charge is 0.455 e. The number of furan rings is 2. The Labute approximate surface area is 462 Å². The number of aryl methyl sites for hydroxylation is 4. The van der Waals surface area contributed by atoms with Gasteiger partial charge >= 0.3 is 0 Å². The first-order valence-electron chi connectivity index (χ1n) is 28.7. The second kappa shape index (κ2) is 16.7. The van der Waals surface area contributed by atoms with Crippen molar-refractivity contribution in [2.24, 2.45) is 0 Å². The summed E-state index contributed by atoms with van der Waals surface area (Å²) in [6.45, 7) is 13.8. The van der Waals surface area contributed by atoms with Crippen LogP contribution in [0, 0.1) is 0 Å². The molecule has 16 rings (SSSR count). The third-order valence-corrected chi connectivity index (χ3v) is 18.4. The van der Waals surface area contributed by atoms with E-state index in [1.807, 2.05) is 0 Å². The molecule has 0 aliphatic heterocycles. The van der Waals surface area contributed by atoms with Crippen LogP contribution in [0.2, 0.25) is 0 Å². The predicted molar refractivity (Wildman–Crippen MR) is 328 cm³/mol. The number of rotatable bonds is 6. The van der Waals surface area contributed by atoms with E-state index in [-0.39, 0.29) is 10.8 Å². The molecule has 2 heterocycles. The molecular weight excluding hydrogens is 961 g/mol. The van der Waals surface area contributed by atoms with E-state index in [1.165, 1.54) is 79.6 Å². The van der Waals surface area contributed by atoms with Crippen LogP contribution in [-0.2, 0) is 41.9 Å². The van der Waals surface area contributed by atoms with E-state index < -0.39 is 5.41 Å². The van der Waals surface area contributed by atoms with Gasteiger partial charge in [-0.2, -0.15) is 0 Å². The average Bonchev–Trinajstić information content (AvgIpc) is 2.48. The highest BCUT2D eigenvalue weighted by Gasteiger charge is 2.55. The minimum atomic E-state index is -0.791. The van der Waals surface area contributed by atoms with Gasteiger partial charge in [0.25, 0.3) is 0 Å². The number of hydrogen-bond acceptors (Lipinski definition) is 4. The Morgan fingerprint density at radius 2 is 0.747 bits per heavy atom. The predicted octanol–water partition coefficient (Wildman–Crippen LogP) is 20.3. The minimum Gasteiger partial charge on any atom is -0.455 e. The van der Waals surface area contributed by atoms with E-state index >= 15 is 0 Å². The summed E-state index contributed by atoms with van der Waals surface area (Å²) >= 11 is 0. The fraction of sp³-hybridized carbons (Fsp3) is 0.200. The lowest BCUT2D eigenvalue weighted by Gasteiger charge is -2.34. The molecule has 4 aliphatic rings. The molecule has 4 heteroatoms. The zero-order valence-electron chi connectivity index (χ0n) is 45.9. The van der Waals surface area contributed by atoms with Crippen molar-refractivity contribution in [1.29, 1.82) is 0 Å². The highest BCUT2D eigenvalue weighted by Crippen LogP contribution is 2.68. The molecule has 2 aromatic heterocycles. The van der Waals surface area contributed by atoms with Crippen LogP contribution in [0.5, 0.6) is 0 Å².